The molecule has 0 bridgehead atoms. The molecule has 3 aliphatic rings. The molecule has 0 aromatic heterocycles. The van der Waals surface area contributed by atoms with Crippen LogP contribution in [0.4, 0.5) is 4.79 Å². The van der Waals surface area contributed by atoms with Crippen LogP contribution in [0.3, 0.4) is 0 Å². The van der Waals surface area contributed by atoms with E-state index in [1.54, 1.807) is 53.4 Å². The van der Waals surface area contributed by atoms with Crippen LogP contribution < -0.4 is 0 Å². The molecule has 47 heavy (non-hydrogen) atoms. The highest BCUT2D eigenvalue weighted by atomic mass is 16.7. The van der Waals surface area contributed by atoms with Gasteiger partial charge >= 0.3 is 6.09 Å². The Morgan fingerprint density at radius 2 is 1.17 bits per heavy atom. The summed E-state index contributed by atoms with van der Waals surface area (Å²) in [5, 5.41) is 75.4. The Morgan fingerprint density at radius 3 is 1.57 bits per heavy atom. The van der Waals surface area contributed by atoms with Gasteiger partial charge < -0.3 is 59.6 Å². The van der Waals surface area contributed by atoms with E-state index in [1.165, 1.54) is 4.90 Å². The Bertz CT molecular complexity index is 1160. The van der Waals surface area contributed by atoms with Crippen LogP contribution in [-0.2, 0) is 18.9 Å². The predicted octanol–water partition coefficient (Wildman–Crippen LogP) is 0.0722. The topological polar surface area (TPSA) is 202 Å². The number of rotatable bonds is 12. The molecular weight excluding hydrogens is 616 g/mol. The van der Waals surface area contributed by atoms with E-state index < -0.39 is 67.5 Å². The lowest BCUT2D eigenvalue weighted by atomic mass is 9.94. The van der Waals surface area contributed by atoms with Crippen molar-refractivity contribution in [2.75, 3.05) is 45.9 Å². The van der Waals surface area contributed by atoms with Crippen molar-refractivity contribution in [1.82, 2.24) is 9.80 Å². The van der Waals surface area contributed by atoms with Crippen LogP contribution in [-0.4, -0.2) is 146 Å². The molecule has 14 nitrogen and oxygen atoms in total. The summed E-state index contributed by atoms with van der Waals surface area (Å²) in [5.74, 6) is -0.000880. The van der Waals surface area contributed by atoms with Crippen molar-refractivity contribution in [3.63, 3.8) is 0 Å². The minimum atomic E-state index is -1.54. The molecule has 3 heterocycles. The molecule has 5 rings (SSSR count). The third-order valence-corrected chi connectivity index (χ3v) is 9.05. The summed E-state index contributed by atoms with van der Waals surface area (Å²) in [7, 11) is 0. The summed E-state index contributed by atoms with van der Waals surface area (Å²) in [4.78, 5) is 14.4. The largest absolute Gasteiger partial charge is 0.465 e. The molecule has 10 unspecified atom stereocenters. The first-order valence-corrected chi connectivity index (χ1v) is 16.0. The molecule has 0 aliphatic carbocycles. The number of aliphatic hydroxyl groups is 6. The summed E-state index contributed by atoms with van der Waals surface area (Å²) >= 11 is 0. The highest BCUT2D eigenvalue weighted by Crippen LogP contribution is 2.31. The van der Waals surface area contributed by atoms with Crippen molar-refractivity contribution in [1.29, 1.82) is 0 Å². The Balaban J connectivity index is 1.25. The van der Waals surface area contributed by atoms with Crippen molar-refractivity contribution >= 4 is 6.09 Å². The van der Waals surface area contributed by atoms with Crippen LogP contribution in [0.15, 0.2) is 60.7 Å². The maximum atomic E-state index is 11.4. The average molecular weight is 663 g/mol. The van der Waals surface area contributed by atoms with Gasteiger partial charge in [-0.15, -0.1) is 0 Å². The van der Waals surface area contributed by atoms with Gasteiger partial charge in [-0.25, -0.2) is 4.79 Å². The number of carbonyl (C=O) groups is 1. The number of amides is 1. The molecule has 3 aliphatic heterocycles. The maximum Gasteiger partial charge on any atom is 0.407 e. The molecule has 0 spiro atoms. The van der Waals surface area contributed by atoms with E-state index >= 15 is 0 Å². The number of hydrogen-bond acceptors (Lipinski definition) is 12. The molecular formula is C33H46N2O12. The predicted molar refractivity (Wildman–Crippen MR) is 165 cm³/mol. The number of nitrogens with zero attached hydrogens (tertiary/aromatic N) is 2. The van der Waals surface area contributed by atoms with Crippen LogP contribution in [0, 0.1) is 5.92 Å². The number of piperidine rings is 1. The first-order valence-electron chi connectivity index (χ1n) is 16.0. The SMILES string of the molecule is O=C(O)N1CCC(CN(CC(O)C(O)C2OC(c3ccccc3)OCC2O)CC(O)C(O)C2OC(c3ccccc3)OCC2O)CC1. The van der Waals surface area contributed by atoms with Crippen molar-refractivity contribution in [3.8, 4) is 0 Å². The third-order valence-electron chi connectivity index (χ3n) is 9.05. The van der Waals surface area contributed by atoms with E-state index in [4.69, 9.17) is 18.9 Å². The fourth-order valence-corrected chi connectivity index (χ4v) is 6.37. The summed E-state index contributed by atoms with van der Waals surface area (Å²) < 4.78 is 23.0. The van der Waals surface area contributed by atoms with Gasteiger partial charge in [0.25, 0.3) is 0 Å². The number of hydrogen-bond donors (Lipinski definition) is 7. The molecule has 7 N–H and O–H groups in total. The molecule has 14 heteroatoms. The van der Waals surface area contributed by atoms with E-state index in [9.17, 15) is 40.5 Å². The molecule has 260 valence electrons. The third kappa shape index (κ3) is 9.25. The van der Waals surface area contributed by atoms with Gasteiger partial charge in [0.15, 0.2) is 12.6 Å². The van der Waals surface area contributed by atoms with Gasteiger partial charge in [-0.05, 0) is 18.8 Å². The second-order valence-corrected chi connectivity index (χ2v) is 12.5. The highest BCUT2D eigenvalue weighted by Gasteiger charge is 2.42. The minimum absolute atomic E-state index is 0.000880. The van der Waals surface area contributed by atoms with Gasteiger partial charge in [-0.2, -0.15) is 0 Å². The quantitative estimate of drug-likeness (QED) is 0.161. The van der Waals surface area contributed by atoms with Gasteiger partial charge in [-0.3, -0.25) is 4.90 Å². The average Bonchev–Trinajstić information content (AvgIpc) is 3.09. The maximum absolute atomic E-state index is 11.4. The van der Waals surface area contributed by atoms with E-state index in [0.29, 0.717) is 43.6 Å². The van der Waals surface area contributed by atoms with E-state index in [0.717, 1.165) is 0 Å². The first-order chi connectivity index (χ1) is 22.6. The Hall–Kier alpha value is -2.73. The Kier molecular flexibility index (Phi) is 12.6. The molecule has 3 saturated heterocycles. The van der Waals surface area contributed by atoms with Crippen LogP contribution >= 0.6 is 0 Å². The van der Waals surface area contributed by atoms with Gasteiger partial charge in [0, 0.05) is 43.9 Å². The zero-order valence-corrected chi connectivity index (χ0v) is 26.1. The van der Waals surface area contributed by atoms with Crippen LogP contribution in [0.5, 0.6) is 0 Å². The van der Waals surface area contributed by atoms with Gasteiger partial charge in [0.1, 0.15) is 36.6 Å². The lowest BCUT2D eigenvalue weighted by molar-refractivity contribution is -0.285. The summed E-state index contributed by atoms with van der Waals surface area (Å²) in [6.07, 6.45) is -12.4. The first kappa shape index (κ1) is 35.6. The molecule has 1 amide bonds. The number of aliphatic hydroxyl groups excluding tert-OH is 6. The van der Waals surface area contributed by atoms with Crippen molar-refractivity contribution in [2.24, 2.45) is 5.92 Å². The molecule has 2 aromatic rings. The number of carboxylic acid groups (broad SMARTS) is 1. The number of ether oxygens (including phenoxy) is 4. The molecule has 0 saturated carbocycles. The fourth-order valence-electron chi connectivity index (χ4n) is 6.37. The number of likely N-dealkylation sites (tertiary alicyclic amines) is 1. The van der Waals surface area contributed by atoms with Gasteiger partial charge in [0.05, 0.1) is 25.4 Å². The zero-order chi connectivity index (χ0) is 33.5. The summed E-state index contributed by atoms with van der Waals surface area (Å²) in [6, 6.07) is 18.0. The zero-order valence-electron chi connectivity index (χ0n) is 26.1. The van der Waals surface area contributed by atoms with Crippen molar-refractivity contribution < 1.29 is 59.5 Å². The Labute approximate surface area is 273 Å². The number of benzene rings is 2. The summed E-state index contributed by atoms with van der Waals surface area (Å²) in [6.45, 7) is 0.389. The second-order valence-electron chi connectivity index (χ2n) is 12.5. The molecule has 10 atom stereocenters. The van der Waals surface area contributed by atoms with Gasteiger partial charge in [-0.1, -0.05) is 60.7 Å². The highest BCUT2D eigenvalue weighted by molar-refractivity contribution is 5.64. The Morgan fingerprint density at radius 1 is 0.745 bits per heavy atom. The molecule has 2 aromatic carbocycles. The van der Waals surface area contributed by atoms with Crippen molar-refractivity contribution in [3.05, 3.63) is 71.8 Å². The van der Waals surface area contributed by atoms with Gasteiger partial charge in [0.2, 0.25) is 0 Å². The normalized spacial score (nSPS) is 30.1. The lowest BCUT2D eigenvalue weighted by Crippen LogP contribution is -2.56. The fraction of sp³-hybridized carbons (Fsp3) is 0.606. The van der Waals surface area contributed by atoms with Crippen molar-refractivity contribution in [2.45, 2.75) is 74.3 Å². The molecule has 0 radical (unpaired) electrons. The monoisotopic (exact) mass is 662 g/mol. The summed E-state index contributed by atoms with van der Waals surface area (Å²) in [5.41, 5.74) is 1.37. The smallest absolute Gasteiger partial charge is 0.407 e. The van der Waals surface area contributed by atoms with E-state index in [-0.39, 0.29) is 32.2 Å². The van der Waals surface area contributed by atoms with E-state index in [2.05, 4.69) is 0 Å². The standard InChI is InChI=1S/C33H46N2O12/c36-23(27(40)29-25(38)18-44-31(46-29)21-7-3-1-4-8-21)16-34(15-20-11-13-35(14-12-20)33(42)43)17-24(37)28(41)30-26(39)19-45-32(47-30)22-9-5-2-6-10-22/h1-10,20,23-32,36-41H,11-19H2,(H,42,43). The second kappa shape index (κ2) is 16.6. The lowest BCUT2D eigenvalue weighted by Gasteiger charge is -2.41. The molecule has 3 fully saturated rings. The van der Waals surface area contributed by atoms with Crippen LogP contribution in [0.2, 0.25) is 0 Å². The minimum Gasteiger partial charge on any atom is -0.465 e. The van der Waals surface area contributed by atoms with Crippen LogP contribution in [0.1, 0.15) is 36.5 Å². The van der Waals surface area contributed by atoms with E-state index in [1.807, 2.05) is 12.1 Å². The van der Waals surface area contributed by atoms with Crippen LogP contribution in [0.25, 0.3) is 0 Å².